The minimum atomic E-state index is -0.825. The van der Waals surface area contributed by atoms with Gasteiger partial charge in [-0.25, -0.2) is 0 Å². The highest BCUT2D eigenvalue weighted by atomic mass is 16.3. The summed E-state index contributed by atoms with van der Waals surface area (Å²) in [5.74, 6) is 0.149. The van der Waals surface area contributed by atoms with Crippen LogP contribution >= 0.6 is 0 Å². The van der Waals surface area contributed by atoms with Gasteiger partial charge in [0.15, 0.2) is 0 Å². The Morgan fingerprint density at radius 1 is 1.29 bits per heavy atom. The van der Waals surface area contributed by atoms with Crippen molar-refractivity contribution >= 4 is 0 Å². The van der Waals surface area contributed by atoms with E-state index in [4.69, 9.17) is 5.26 Å². The molecular weight excluding hydrogens is 174 g/mol. The van der Waals surface area contributed by atoms with Crippen LogP contribution in [0.1, 0.15) is 31.9 Å². The van der Waals surface area contributed by atoms with E-state index >= 15 is 0 Å². The van der Waals surface area contributed by atoms with Crippen molar-refractivity contribution in [2.45, 2.75) is 26.4 Å². The van der Waals surface area contributed by atoms with Gasteiger partial charge in [-0.05, 0) is 30.5 Å². The zero-order valence-corrected chi connectivity index (χ0v) is 8.78. The second-order valence-corrected chi connectivity index (χ2v) is 3.99. The van der Waals surface area contributed by atoms with Crippen molar-refractivity contribution < 1.29 is 5.11 Å². The monoisotopic (exact) mass is 189 g/mol. The van der Waals surface area contributed by atoms with Crippen LogP contribution in [0.15, 0.2) is 24.3 Å². The molecule has 0 saturated carbocycles. The van der Waals surface area contributed by atoms with Crippen molar-refractivity contribution in [1.82, 2.24) is 0 Å². The lowest BCUT2D eigenvalue weighted by molar-refractivity contribution is 0.00905. The van der Waals surface area contributed by atoms with E-state index in [1.54, 1.807) is 31.2 Å². The van der Waals surface area contributed by atoms with Gasteiger partial charge < -0.3 is 5.11 Å². The molecule has 1 rings (SSSR count). The van der Waals surface area contributed by atoms with E-state index in [1.807, 2.05) is 13.8 Å². The molecule has 0 heterocycles. The third kappa shape index (κ3) is 1.94. The fourth-order valence-electron chi connectivity index (χ4n) is 1.22. The molecule has 0 fully saturated rings. The lowest BCUT2D eigenvalue weighted by Gasteiger charge is -2.28. The fraction of sp³-hybridized carbons (Fsp3) is 0.417. The molecule has 0 radical (unpaired) electrons. The van der Waals surface area contributed by atoms with E-state index in [0.717, 1.165) is 5.56 Å². The number of benzene rings is 1. The highest BCUT2D eigenvalue weighted by Crippen LogP contribution is 2.28. The van der Waals surface area contributed by atoms with E-state index < -0.39 is 5.60 Å². The molecule has 0 aromatic heterocycles. The molecule has 0 aliphatic rings. The Balaban J connectivity index is 3.04. The van der Waals surface area contributed by atoms with Gasteiger partial charge in [0.2, 0.25) is 0 Å². The molecule has 1 N–H and O–H groups in total. The summed E-state index contributed by atoms with van der Waals surface area (Å²) < 4.78 is 0. The Labute approximate surface area is 84.8 Å². The Morgan fingerprint density at radius 2 is 1.79 bits per heavy atom. The van der Waals surface area contributed by atoms with Gasteiger partial charge in [0, 0.05) is 0 Å². The number of hydrogen-bond donors (Lipinski definition) is 1. The van der Waals surface area contributed by atoms with E-state index in [9.17, 15) is 5.11 Å². The minimum absolute atomic E-state index is 0.149. The Bertz CT molecular complexity index is 344. The number of rotatable bonds is 2. The second-order valence-electron chi connectivity index (χ2n) is 3.99. The first kappa shape index (κ1) is 10.7. The average molecular weight is 189 g/mol. The standard InChI is InChI=1S/C12H15NO/c1-9(2)12(3,14)11-6-4-10(8-13)5-7-11/h4-7,9,14H,1-3H3. The maximum atomic E-state index is 10.1. The first-order valence-electron chi connectivity index (χ1n) is 4.71. The summed E-state index contributed by atoms with van der Waals surface area (Å²) in [5, 5.41) is 18.8. The van der Waals surface area contributed by atoms with Crippen LogP contribution in [-0.4, -0.2) is 5.11 Å². The maximum absolute atomic E-state index is 10.1. The van der Waals surface area contributed by atoms with E-state index in [-0.39, 0.29) is 5.92 Å². The van der Waals surface area contributed by atoms with Gasteiger partial charge >= 0.3 is 0 Å². The van der Waals surface area contributed by atoms with Gasteiger partial charge in [0.25, 0.3) is 0 Å². The lowest BCUT2D eigenvalue weighted by atomic mass is 9.85. The Hall–Kier alpha value is -1.33. The van der Waals surface area contributed by atoms with Crippen molar-refractivity contribution in [2.75, 3.05) is 0 Å². The molecule has 14 heavy (non-hydrogen) atoms. The van der Waals surface area contributed by atoms with Gasteiger partial charge in [0.1, 0.15) is 0 Å². The normalized spacial score (nSPS) is 14.9. The highest BCUT2D eigenvalue weighted by molar-refractivity contribution is 5.33. The van der Waals surface area contributed by atoms with E-state index in [0.29, 0.717) is 5.56 Å². The van der Waals surface area contributed by atoms with Crippen LogP contribution in [-0.2, 0) is 5.60 Å². The van der Waals surface area contributed by atoms with Crippen LogP contribution in [0.3, 0.4) is 0 Å². The smallest absolute Gasteiger partial charge is 0.0991 e. The predicted molar refractivity (Wildman–Crippen MR) is 55.6 cm³/mol. The molecule has 74 valence electrons. The highest BCUT2D eigenvalue weighted by Gasteiger charge is 2.26. The predicted octanol–water partition coefficient (Wildman–Crippen LogP) is 2.42. The molecular formula is C12H15NO. The topological polar surface area (TPSA) is 44.0 Å². The van der Waals surface area contributed by atoms with Crippen molar-refractivity contribution in [1.29, 1.82) is 5.26 Å². The van der Waals surface area contributed by atoms with Crippen molar-refractivity contribution in [3.8, 4) is 6.07 Å². The SMILES string of the molecule is CC(C)C(C)(O)c1ccc(C#N)cc1. The number of hydrogen-bond acceptors (Lipinski definition) is 2. The third-order valence-electron chi connectivity index (χ3n) is 2.72. The number of nitriles is 1. The lowest BCUT2D eigenvalue weighted by Crippen LogP contribution is -2.27. The van der Waals surface area contributed by atoms with Gasteiger partial charge in [-0.3, -0.25) is 0 Å². The van der Waals surface area contributed by atoms with Crippen LogP contribution in [0.25, 0.3) is 0 Å². The van der Waals surface area contributed by atoms with E-state index in [2.05, 4.69) is 6.07 Å². The van der Waals surface area contributed by atoms with Gasteiger partial charge in [-0.2, -0.15) is 5.26 Å². The molecule has 1 atom stereocenters. The summed E-state index contributed by atoms with van der Waals surface area (Å²) in [6, 6.07) is 9.12. The molecule has 0 aliphatic carbocycles. The first-order chi connectivity index (χ1) is 6.48. The summed E-state index contributed by atoms with van der Waals surface area (Å²) in [6.45, 7) is 5.73. The number of nitrogens with zero attached hydrogens (tertiary/aromatic N) is 1. The van der Waals surface area contributed by atoms with Gasteiger partial charge in [0.05, 0.1) is 17.2 Å². The van der Waals surface area contributed by atoms with E-state index in [1.165, 1.54) is 0 Å². The van der Waals surface area contributed by atoms with Gasteiger partial charge in [-0.15, -0.1) is 0 Å². The van der Waals surface area contributed by atoms with Crippen molar-refractivity contribution in [3.05, 3.63) is 35.4 Å². The van der Waals surface area contributed by atoms with Crippen LogP contribution in [0.2, 0.25) is 0 Å². The molecule has 0 aliphatic heterocycles. The van der Waals surface area contributed by atoms with Crippen molar-refractivity contribution in [2.24, 2.45) is 5.92 Å². The zero-order valence-electron chi connectivity index (χ0n) is 8.78. The fourth-order valence-corrected chi connectivity index (χ4v) is 1.22. The van der Waals surface area contributed by atoms with Crippen LogP contribution < -0.4 is 0 Å². The van der Waals surface area contributed by atoms with Crippen LogP contribution in [0, 0.1) is 17.2 Å². The average Bonchev–Trinajstić information content (AvgIpc) is 2.17. The molecule has 2 heteroatoms. The first-order valence-corrected chi connectivity index (χ1v) is 4.71. The zero-order chi connectivity index (χ0) is 10.8. The molecule has 0 bridgehead atoms. The Kier molecular flexibility index (Phi) is 2.93. The maximum Gasteiger partial charge on any atom is 0.0991 e. The molecule has 0 amide bonds. The molecule has 0 spiro atoms. The number of aliphatic hydroxyl groups is 1. The minimum Gasteiger partial charge on any atom is -0.385 e. The Morgan fingerprint density at radius 3 is 2.14 bits per heavy atom. The second kappa shape index (κ2) is 3.81. The summed E-state index contributed by atoms with van der Waals surface area (Å²) in [6.07, 6.45) is 0. The summed E-state index contributed by atoms with van der Waals surface area (Å²) >= 11 is 0. The summed E-state index contributed by atoms with van der Waals surface area (Å²) in [4.78, 5) is 0. The summed E-state index contributed by atoms with van der Waals surface area (Å²) in [7, 11) is 0. The van der Waals surface area contributed by atoms with Gasteiger partial charge in [-0.1, -0.05) is 26.0 Å². The van der Waals surface area contributed by atoms with Crippen molar-refractivity contribution in [3.63, 3.8) is 0 Å². The molecule has 0 saturated heterocycles. The van der Waals surface area contributed by atoms with Crippen LogP contribution in [0.4, 0.5) is 0 Å². The molecule has 1 unspecified atom stereocenters. The van der Waals surface area contributed by atoms with Crippen LogP contribution in [0.5, 0.6) is 0 Å². The molecule has 2 nitrogen and oxygen atoms in total. The quantitative estimate of drug-likeness (QED) is 0.776. The molecule has 1 aromatic rings. The largest absolute Gasteiger partial charge is 0.385 e. The third-order valence-corrected chi connectivity index (χ3v) is 2.72. The molecule has 1 aromatic carbocycles. The summed E-state index contributed by atoms with van der Waals surface area (Å²) in [5.41, 5.74) is 0.647.